The van der Waals surface area contributed by atoms with E-state index in [4.69, 9.17) is 4.74 Å². The molecule has 1 rings (SSSR count). The first-order valence-electron chi connectivity index (χ1n) is 5.69. The van der Waals surface area contributed by atoms with Crippen LogP contribution in [0.5, 0.6) is 5.75 Å². The van der Waals surface area contributed by atoms with Crippen LogP contribution in [0.3, 0.4) is 0 Å². The Morgan fingerprint density at radius 2 is 2.00 bits per heavy atom. The lowest BCUT2D eigenvalue weighted by atomic mass is 10.2. The van der Waals surface area contributed by atoms with Gasteiger partial charge in [-0.2, -0.15) is 13.2 Å². The van der Waals surface area contributed by atoms with Crippen molar-refractivity contribution in [1.29, 1.82) is 0 Å². The number of halogens is 3. The van der Waals surface area contributed by atoms with Gasteiger partial charge in [0, 0.05) is 6.42 Å². The van der Waals surface area contributed by atoms with Gasteiger partial charge in [-0.3, -0.25) is 4.79 Å². The molecule has 5 heteroatoms. The second-order valence-corrected chi connectivity index (χ2v) is 4.04. The minimum absolute atomic E-state index is 0.185. The summed E-state index contributed by atoms with van der Waals surface area (Å²) in [5.74, 6) is -0.977. The zero-order chi connectivity index (χ0) is 13.6. The Kier molecular flexibility index (Phi) is 5.19. The first-order chi connectivity index (χ1) is 8.39. The van der Waals surface area contributed by atoms with E-state index in [-0.39, 0.29) is 6.42 Å². The monoisotopic (exact) mass is 260 g/mol. The van der Waals surface area contributed by atoms with E-state index in [2.05, 4.69) is 0 Å². The van der Waals surface area contributed by atoms with E-state index < -0.39 is 18.4 Å². The number of carbonyl (C=O) groups is 1. The van der Waals surface area contributed by atoms with E-state index in [1.165, 1.54) is 0 Å². The largest absolute Gasteiger partial charge is 0.494 e. The molecule has 18 heavy (non-hydrogen) atoms. The molecule has 0 fully saturated rings. The van der Waals surface area contributed by atoms with E-state index >= 15 is 0 Å². The van der Waals surface area contributed by atoms with Crippen LogP contribution in [0.15, 0.2) is 24.3 Å². The second kappa shape index (κ2) is 6.42. The van der Waals surface area contributed by atoms with Crippen LogP contribution in [-0.2, 0) is 4.79 Å². The molecular formula is C13H15F3O2. The molecule has 0 heterocycles. The molecule has 0 unspecified atom stereocenters. The number of hydrogen-bond donors (Lipinski definition) is 0. The molecule has 0 bridgehead atoms. The number of unbranched alkanes of at least 4 members (excludes halogenated alkanes) is 1. The highest BCUT2D eigenvalue weighted by atomic mass is 19.4. The van der Waals surface area contributed by atoms with Crippen molar-refractivity contribution in [3.05, 3.63) is 29.8 Å². The Hall–Kier alpha value is -1.52. The number of carbonyl (C=O) groups excluding carboxylic acids is 1. The maximum Gasteiger partial charge on any atom is 0.449 e. The number of benzene rings is 1. The summed E-state index contributed by atoms with van der Waals surface area (Å²) in [7, 11) is 0. The quantitative estimate of drug-likeness (QED) is 0.729. The summed E-state index contributed by atoms with van der Waals surface area (Å²) >= 11 is 0. The van der Waals surface area contributed by atoms with E-state index in [0.29, 0.717) is 18.8 Å². The lowest BCUT2D eigenvalue weighted by Crippen LogP contribution is -2.22. The number of aryl methyl sites for hydroxylation is 1. The maximum atomic E-state index is 11.9. The fraction of sp³-hybridized carbons (Fsp3) is 0.462. The Balaban J connectivity index is 2.18. The Morgan fingerprint density at radius 1 is 1.28 bits per heavy atom. The molecule has 0 aliphatic heterocycles. The van der Waals surface area contributed by atoms with Gasteiger partial charge in [-0.1, -0.05) is 12.1 Å². The van der Waals surface area contributed by atoms with Gasteiger partial charge in [-0.25, -0.2) is 0 Å². The van der Waals surface area contributed by atoms with Crippen molar-refractivity contribution in [2.45, 2.75) is 32.4 Å². The van der Waals surface area contributed by atoms with E-state index in [1.807, 2.05) is 25.1 Å². The molecule has 0 aliphatic carbocycles. The molecule has 2 nitrogen and oxygen atoms in total. The van der Waals surface area contributed by atoms with Crippen molar-refractivity contribution in [3.8, 4) is 5.75 Å². The number of hydrogen-bond acceptors (Lipinski definition) is 2. The molecule has 0 radical (unpaired) electrons. The standard InChI is InChI=1S/C13H15F3O2/c1-10-5-4-6-11(9-10)18-8-3-2-7-12(17)13(14,15)16/h4-6,9H,2-3,7-8H2,1H3. The van der Waals surface area contributed by atoms with Gasteiger partial charge in [0.2, 0.25) is 5.78 Å². The number of alkyl halides is 3. The molecule has 0 aromatic heterocycles. The Labute approximate surface area is 104 Å². The summed E-state index contributed by atoms with van der Waals surface area (Å²) in [6, 6.07) is 7.40. The molecule has 0 N–H and O–H groups in total. The topological polar surface area (TPSA) is 26.3 Å². The van der Waals surface area contributed by atoms with Crippen LogP contribution in [0.1, 0.15) is 24.8 Å². The van der Waals surface area contributed by atoms with Gasteiger partial charge >= 0.3 is 6.18 Å². The SMILES string of the molecule is Cc1cccc(OCCCCC(=O)C(F)(F)F)c1. The number of ether oxygens (including phenoxy) is 1. The Morgan fingerprint density at radius 3 is 2.61 bits per heavy atom. The van der Waals surface area contributed by atoms with Crippen LogP contribution < -0.4 is 4.74 Å². The predicted octanol–water partition coefficient (Wildman–Crippen LogP) is 3.68. The van der Waals surface area contributed by atoms with Gasteiger partial charge in [0.05, 0.1) is 6.61 Å². The molecule has 0 amide bonds. The first-order valence-corrected chi connectivity index (χ1v) is 5.69. The summed E-state index contributed by atoms with van der Waals surface area (Å²) in [5.41, 5.74) is 1.06. The highest BCUT2D eigenvalue weighted by Crippen LogP contribution is 2.19. The third-order valence-electron chi connectivity index (χ3n) is 2.37. The highest BCUT2D eigenvalue weighted by Gasteiger charge is 2.36. The lowest BCUT2D eigenvalue weighted by molar-refractivity contribution is -0.171. The molecular weight excluding hydrogens is 245 g/mol. The normalized spacial score (nSPS) is 11.3. The first kappa shape index (κ1) is 14.5. The summed E-state index contributed by atoms with van der Waals surface area (Å²) in [6.07, 6.45) is -4.57. The van der Waals surface area contributed by atoms with E-state index in [9.17, 15) is 18.0 Å². The minimum Gasteiger partial charge on any atom is -0.494 e. The van der Waals surface area contributed by atoms with Crippen molar-refractivity contribution in [3.63, 3.8) is 0 Å². The van der Waals surface area contributed by atoms with Gasteiger partial charge in [-0.15, -0.1) is 0 Å². The van der Waals surface area contributed by atoms with Gasteiger partial charge in [0.15, 0.2) is 0 Å². The van der Waals surface area contributed by atoms with Crippen molar-refractivity contribution in [2.75, 3.05) is 6.61 Å². The third kappa shape index (κ3) is 5.21. The van der Waals surface area contributed by atoms with Crippen LogP contribution in [0.4, 0.5) is 13.2 Å². The fourth-order valence-electron chi connectivity index (χ4n) is 1.42. The van der Waals surface area contributed by atoms with Crippen LogP contribution in [0.25, 0.3) is 0 Å². The molecule has 0 saturated carbocycles. The molecule has 0 spiro atoms. The third-order valence-corrected chi connectivity index (χ3v) is 2.37. The van der Waals surface area contributed by atoms with Crippen LogP contribution in [0, 0.1) is 6.92 Å². The van der Waals surface area contributed by atoms with Crippen molar-refractivity contribution in [2.24, 2.45) is 0 Å². The molecule has 0 aliphatic rings. The molecule has 1 aromatic carbocycles. The van der Waals surface area contributed by atoms with Crippen LogP contribution >= 0.6 is 0 Å². The molecule has 0 saturated heterocycles. The number of ketones is 1. The van der Waals surface area contributed by atoms with Crippen LogP contribution in [-0.4, -0.2) is 18.6 Å². The smallest absolute Gasteiger partial charge is 0.449 e. The summed E-state index contributed by atoms with van der Waals surface area (Å²) in [5, 5.41) is 0. The summed E-state index contributed by atoms with van der Waals surface area (Å²) < 4.78 is 41.0. The zero-order valence-electron chi connectivity index (χ0n) is 10.1. The van der Waals surface area contributed by atoms with Crippen molar-refractivity contribution < 1.29 is 22.7 Å². The zero-order valence-corrected chi connectivity index (χ0v) is 10.1. The van der Waals surface area contributed by atoms with E-state index in [0.717, 1.165) is 5.56 Å². The highest BCUT2D eigenvalue weighted by molar-refractivity contribution is 5.83. The minimum atomic E-state index is -4.71. The maximum absolute atomic E-state index is 11.9. The van der Waals surface area contributed by atoms with Crippen molar-refractivity contribution >= 4 is 5.78 Å². The molecule has 1 aromatic rings. The number of rotatable bonds is 6. The summed E-state index contributed by atoms with van der Waals surface area (Å²) in [6.45, 7) is 2.24. The summed E-state index contributed by atoms with van der Waals surface area (Å²) in [4.78, 5) is 10.6. The average molecular weight is 260 g/mol. The molecule has 100 valence electrons. The van der Waals surface area contributed by atoms with Gasteiger partial charge in [0.25, 0.3) is 0 Å². The van der Waals surface area contributed by atoms with Gasteiger partial charge < -0.3 is 4.74 Å². The van der Waals surface area contributed by atoms with Gasteiger partial charge in [-0.05, 0) is 37.5 Å². The van der Waals surface area contributed by atoms with Crippen molar-refractivity contribution in [1.82, 2.24) is 0 Å². The molecule has 0 atom stereocenters. The fourth-order valence-corrected chi connectivity index (χ4v) is 1.42. The van der Waals surface area contributed by atoms with E-state index in [1.54, 1.807) is 6.07 Å². The predicted molar refractivity (Wildman–Crippen MR) is 61.6 cm³/mol. The Bertz CT molecular complexity index is 399. The van der Waals surface area contributed by atoms with Crippen LogP contribution in [0.2, 0.25) is 0 Å². The van der Waals surface area contributed by atoms with Gasteiger partial charge in [0.1, 0.15) is 5.75 Å². The average Bonchev–Trinajstić information content (AvgIpc) is 2.27. The lowest BCUT2D eigenvalue weighted by Gasteiger charge is -2.07. The second-order valence-electron chi connectivity index (χ2n) is 4.04. The number of Topliss-reactive ketones (excluding diaryl/α,β-unsaturated/α-hetero) is 1.